The molecule has 186 valence electrons. The number of hydrogen-bond donors (Lipinski definition) is 2. The number of pyridine rings is 1. The molecule has 1 saturated heterocycles. The van der Waals surface area contributed by atoms with Crippen LogP contribution in [0.15, 0.2) is 66.9 Å². The normalized spacial score (nSPS) is 14.1. The summed E-state index contributed by atoms with van der Waals surface area (Å²) in [7, 11) is 0. The van der Waals surface area contributed by atoms with Gasteiger partial charge in [-0.2, -0.15) is 0 Å². The minimum absolute atomic E-state index is 0.00141. The first-order valence-corrected chi connectivity index (χ1v) is 12.0. The molecule has 1 atom stereocenters. The molecule has 0 aliphatic carbocycles. The number of carbonyl (C=O) groups is 2. The number of likely N-dealkylation sites (tertiary alicyclic amines) is 1. The highest BCUT2D eigenvalue weighted by atomic mass is 16.6. The van der Waals surface area contributed by atoms with Gasteiger partial charge in [0.25, 0.3) is 17.5 Å². The van der Waals surface area contributed by atoms with Crippen molar-refractivity contribution in [1.29, 1.82) is 0 Å². The smallest absolute Gasteiger partial charge is 0.293 e. The van der Waals surface area contributed by atoms with Gasteiger partial charge >= 0.3 is 0 Å². The first-order valence-electron chi connectivity index (χ1n) is 12.0. The largest absolute Gasteiger partial charge is 0.371 e. The summed E-state index contributed by atoms with van der Waals surface area (Å²) in [5.74, 6) is -0.434. The summed E-state index contributed by atoms with van der Waals surface area (Å²) in [6.07, 6.45) is 4.84. The van der Waals surface area contributed by atoms with E-state index in [2.05, 4.69) is 15.6 Å². The van der Waals surface area contributed by atoms with Crippen molar-refractivity contribution in [2.75, 3.05) is 18.4 Å². The molecule has 2 aromatic carbocycles. The molecule has 4 rings (SSSR count). The van der Waals surface area contributed by atoms with Crippen LogP contribution in [0.4, 0.5) is 11.4 Å². The predicted molar refractivity (Wildman–Crippen MR) is 137 cm³/mol. The van der Waals surface area contributed by atoms with Crippen molar-refractivity contribution >= 4 is 23.2 Å². The monoisotopic (exact) mass is 487 g/mol. The van der Waals surface area contributed by atoms with Crippen LogP contribution >= 0.6 is 0 Å². The van der Waals surface area contributed by atoms with Crippen molar-refractivity contribution in [3.8, 4) is 0 Å². The van der Waals surface area contributed by atoms with Gasteiger partial charge in [-0.3, -0.25) is 24.7 Å². The molecule has 1 aliphatic rings. The van der Waals surface area contributed by atoms with Crippen LogP contribution in [0.2, 0.25) is 0 Å². The standard InChI is InChI=1S/C27H29N5O4/c1-19(23-10-3-4-13-28-23)30-24-12-11-21(17-25(24)32(35)36)26(33)29-18-20-8-7-9-22(16-20)27(34)31-14-5-2-6-15-31/h3-4,7-13,16-17,19,30H,2,5-6,14-15,18H2,1H3,(H,29,33). The second-order valence-corrected chi connectivity index (χ2v) is 8.85. The van der Waals surface area contributed by atoms with E-state index < -0.39 is 10.8 Å². The first kappa shape index (κ1) is 24.8. The number of nitrogens with one attached hydrogen (secondary N) is 2. The fraction of sp³-hybridized carbons (Fsp3) is 0.296. The number of amides is 2. The van der Waals surface area contributed by atoms with Crippen molar-refractivity contribution < 1.29 is 14.5 Å². The molecular formula is C27H29N5O4. The van der Waals surface area contributed by atoms with Crippen molar-refractivity contribution in [3.63, 3.8) is 0 Å². The van der Waals surface area contributed by atoms with Gasteiger partial charge in [0.2, 0.25) is 0 Å². The van der Waals surface area contributed by atoms with Crippen LogP contribution in [-0.4, -0.2) is 39.7 Å². The lowest BCUT2D eigenvalue weighted by molar-refractivity contribution is -0.384. The number of hydrogen-bond acceptors (Lipinski definition) is 6. The summed E-state index contributed by atoms with van der Waals surface area (Å²) in [5.41, 5.74) is 2.41. The fourth-order valence-electron chi connectivity index (χ4n) is 4.26. The summed E-state index contributed by atoms with van der Waals surface area (Å²) in [6, 6.07) is 16.8. The van der Waals surface area contributed by atoms with Crippen LogP contribution in [-0.2, 0) is 6.54 Å². The lowest BCUT2D eigenvalue weighted by Crippen LogP contribution is -2.35. The molecule has 0 spiro atoms. The van der Waals surface area contributed by atoms with Crippen LogP contribution in [0.1, 0.15) is 64.2 Å². The molecule has 0 saturated carbocycles. The van der Waals surface area contributed by atoms with E-state index in [0.29, 0.717) is 11.3 Å². The molecule has 1 aromatic heterocycles. The molecular weight excluding hydrogens is 458 g/mol. The van der Waals surface area contributed by atoms with Gasteiger partial charge in [0.05, 0.1) is 16.7 Å². The minimum Gasteiger partial charge on any atom is -0.371 e. The maximum atomic E-state index is 12.8. The quantitative estimate of drug-likeness (QED) is 0.351. The second-order valence-electron chi connectivity index (χ2n) is 8.85. The molecule has 2 amide bonds. The van der Waals surface area contributed by atoms with E-state index in [1.54, 1.807) is 36.5 Å². The Kier molecular flexibility index (Phi) is 7.89. The van der Waals surface area contributed by atoms with Gasteiger partial charge in [0.1, 0.15) is 5.69 Å². The van der Waals surface area contributed by atoms with E-state index in [-0.39, 0.29) is 29.7 Å². The highest BCUT2D eigenvalue weighted by Gasteiger charge is 2.21. The van der Waals surface area contributed by atoms with Crippen LogP contribution in [0.5, 0.6) is 0 Å². The average molecular weight is 488 g/mol. The highest BCUT2D eigenvalue weighted by Crippen LogP contribution is 2.29. The van der Waals surface area contributed by atoms with Crippen molar-refractivity contribution in [2.24, 2.45) is 0 Å². The number of rotatable bonds is 8. The zero-order valence-electron chi connectivity index (χ0n) is 20.1. The zero-order valence-corrected chi connectivity index (χ0v) is 20.1. The third-order valence-corrected chi connectivity index (χ3v) is 6.23. The lowest BCUT2D eigenvalue weighted by atomic mass is 10.1. The van der Waals surface area contributed by atoms with Crippen molar-refractivity contribution in [3.05, 3.63) is 99.4 Å². The Morgan fingerprint density at radius 2 is 1.83 bits per heavy atom. The molecule has 1 unspecified atom stereocenters. The number of nitro benzene ring substituents is 1. The van der Waals surface area contributed by atoms with Gasteiger partial charge in [-0.05, 0) is 68.1 Å². The molecule has 1 aliphatic heterocycles. The maximum Gasteiger partial charge on any atom is 0.293 e. The molecule has 3 aromatic rings. The SMILES string of the molecule is CC(Nc1ccc(C(=O)NCc2cccc(C(=O)N3CCCCC3)c2)cc1[N+](=O)[O-])c1ccccn1. The Hall–Kier alpha value is -4.27. The van der Waals surface area contributed by atoms with E-state index in [9.17, 15) is 19.7 Å². The van der Waals surface area contributed by atoms with E-state index >= 15 is 0 Å². The van der Waals surface area contributed by atoms with Gasteiger partial charge in [0, 0.05) is 43.0 Å². The van der Waals surface area contributed by atoms with Crippen molar-refractivity contribution in [1.82, 2.24) is 15.2 Å². The summed E-state index contributed by atoms with van der Waals surface area (Å²) >= 11 is 0. The Labute approximate surface area is 209 Å². The molecule has 36 heavy (non-hydrogen) atoms. The van der Waals surface area contributed by atoms with Crippen LogP contribution in [0.3, 0.4) is 0 Å². The maximum absolute atomic E-state index is 12.8. The predicted octanol–water partition coefficient (Wildman–Crippen LogP) is 4.72. The molecule has 9 nitrogen and oxygen atoms in total. The number of carbonyl (C=O) groups excluding carboxylic acids is 2. The number of benzene rings is 2. The zero-order chi connectivity index (χ0) is 25.5. The number of nitro groups is 1. The third-order valence-electron chi connectivity index (χ3n) is 6.23. The average Bonchev–Trinajstić information content (AvgIpc) is 2.92. The fourth-order valence-corrected chi connectivity index (χ4v) is 4.26. The Morgan fingerprint density at radius 3 is 2.56 bits per heavy atom. The molecule has 2 heterocycles. The Balaban J connectivity index is 1.42. The first-order chi connectivity index (χ1) is 17.4. The van der Waals surface area contributed by atoms with E-state index in [1.165, 1.54) is 12.1 Å². The number of piperidine rings is 1. The van der Waals surface area contributed by atoms with Gasteiger partial charge < -0.3 is 15.5 Å². The highest BCUT2D eigenvalue weighted by molar-refractivity contribution is 5.96. The van der Waals surface area contributed by atoms with Gasteiger partial charge in [-0.15, -0.1) is 0 Å². The summed E-state index contributed by atoms with van der Waals surface area (Å²) in [6.45, 7) is 3.59. The van der Waals surface area contributed by atoms with E-state index in [0.717, 1.165) is 43.6 Å². The van der Waals surface area contributed by atoms with E-state index in [1.807, 2.05) is 30.0 Å². The topological polar surface area (TPSA) is 117 Å². The van der Waals surface area contributed by atoms with Gasteiger partial charge in [0.15, 0.2) is 0 Å². The Bertz CT molecular complexity index is 1240. The minimum atomic E-state index is -0.514. The summed E-state index contributed by atoms with van der Waals surface area (Å²) in [5, 5.41) is 17.6. The van der Waals surface area contributed by atoms with E-state index in [4.69, 9.17) is 0 Å². The molecule has 0 radical (unpaired) electrons. The Morgan fingerprint density at radius 1 is 1.03 bits per heavy atom. The van der Waals surface area contributed by atoms with Gasteiger partial charge in [-0.25, -0.2) is 0 Å². The number of anilines is 1. The number of aromatic nitrogens is 1. The van der Waals surface area contributed by atoms with Crippen LogP contribution in [0.25, 0.3) is 0 Å². The van der Waals surface area contributed by atoms with Crippen LogP contribution in [0, 0.1) is 10.1 Å². The molecule has 9 heteroatoms. The lowest BCUT2D eigenvalue weighted by Gasteiger charge is -2.26. The summed E-state index contributed by atoms with van der Waals surface area (Å²) < 4.78 is 0. The molecule has 1 fully saturated rings. The summed E-state index contributed by atoms with van der Waals surface area (Å²) in [4.78, 5) is 42.9. The molecule has 2 N–H and O–H groups in total. The van der Waals surface area contributed by atoms with Crippen LogP contribution < -0.4 is 10.6 Å². The second kappa shape index (κ2) is 11.4. The van der Waals surface area contributed by atoms with Crippen molar-refractivity contribution in [2.45, 2.75) is 38.8 Å². The van der Waals surface area contributed by atoms with Gasteiger partial charge in [-0.1, -0.05) is 18.2 Å². The third kappa shape index (κ3) is 6.04. The molecule has 0 bridgehead atoms. The number of nitrogens with zero attached hydrogens (tertiary/aromatic N) is 3.